The van der Waals surface area contributed by atoms with Gasteiger partial charge >= 0.3 is 0 Å². The van der Waals surface area contributed by atoms with E-state index in [-0.39, 0.29) is 17.2 Å². The van der Waals surface area contributed by atoms with Gasteiger partial charge in [0.05, 0.1) is 11.1 Å². The summed E-state index contributed by atoms with van der Waals surface area (Å²) in [7, 11) is 0. The monoisotopic (exact) mass is 413 g/mol. The molecule has 0 saturated carbocycles. The average molecular weight is 413 g/mol. The van der Waals surface area contributed by atoms with Crippen molar-refractivity contribution >= 4 is 5.91 Å². The highest BCUT2D eigenvalue weighted by Crippen LogP contribution is 2.43. The van der Waals surface area contributed by atoms with Crippen LogP contribution in [0.1, 0.15) is 27.0 Å². The van der Waals surface area contributed by atoms with Gasteiger partial charge in [-0.05, 0) is 36.4 Å². The molecule has 0 fully saturated rings. The zero-order valence-electron chi connectivity index (χ0n) is 16.5. The van der Waals surface area contributed by atoms with E-state index in [0.717, 1.165) is 5.56 Å². The van der Waals surface area contributed by atoms with Crippen molar-refractivity contribution in [3.63, 3.8) is 0 Å². The van der Waals surface area contributed by atoms with Crippen molar-refractivity contribution in [2.75, 3.05) is 0 Å². The number of aromatic hydroxyl groups is 3. The maximum Gasteiger partial charge on any atom is 0.249 e. The van der Waals surface area contributed by atoms with Crippen LogP contribution in [0.25, 0.3) is 0 Å². The summed E-state index contributed by atoms with van der Waals surface area (Å²) in [5.74, 6) is -0.987. The van der Waals surface area contributed by atoms with Gasteiger partial charge in [-0.1, -0.05) is 36.4 Å². The minimum Gasteiger partial charge on any atom is -0.508 e. The van der Waals surface area contributed by atoms with Crippen LogP contribution in [-0.4, -0.2) is 21.2 Å². The Morgan fingerprint density at radius 1 is 0.742 bits per heavy atom. The first-order valence-corrected chi connectivity index (χ1v) is 9.62. The van der Waals surface area contributed by atoms with Crippen molar-refractivity contribution < 1.29 is 24.7 Å². The highest BCUT2D eigenvalue weighted by molar-refractivity contribution is 5.92. The van der Waals surface area contributed by atoms with E-state index >= 15 is 0 Å². The summed E-state index contributed by atoms with van der Waals surface area (Å²) in [6.45, 7) is 0. The number of para-hydroxylation sites is 1. The molecule has 1 heterocycles. The number of carbonyl (C=O) groups is 1. The minimum absolute atomic E-state index is 0.0971. The van der Waals surface area contributed by atoms with Gasteiger partial charge in [-0.2, -0.15) is 4.57 Å². The van der Waals surface area contributed by atoms with E-state index in [1.807, 2.05) is 34.9 Å². The van der Waals surface area contributed by atoms with Crippen LogP contribution in [0.3, 0.4) is 0 Å². The van der Waals surface area contributed by atoms with Crippen LogP contribution in [0, 0.1) is 0 Å². The molecule has 0 aliphatic rings. The van der Waals surface area contributed by atoms with Gasteiger partial charge in [0.15, 0.2) is 23.9 Å². The van der Waals surface area contributed by atoms with Crippen LogP contribution < -0.4 is 10.3 Å². The Hall–Kier alpha value is -4.32. The molecule has 4 aromatic rings. The van der Waals surface area contributed by atoms with Crippen LogP contribution >= 0.6 is 0 Å². The number of phenols is 3. The fraction of sp³-hybridized carbons (Fsp3) is 0.0400. The van der Waals surface area contributed by atoms with Gasteiger partial charge in [0, 0.05) is 23.3 Å². The first-order chi connectivity index (χ1) is 14.9. The molecule has 3 aromatic carbocycles. The zero-order chi connectivity index (χ0) is 22.0. The van der Waals surface area contributed by atoms with Gasteiger partial charge in [-0.15, -0.1) is 0 Å². The summed E-state index contributed by atoms with van der Waals surface area (Å²) < 4.78 is 1.83. The summed E-state index contributed by atoms with van der Waals surface area (Å²) in [4.78, 5) is 11.6. The number of pyridine rings is 1. The molecule has 0 radical (unpaired) electrons. The Bertz CT molecular complexity index is 1220. The SMILES string of the molecule is NC(=O)c1cc[n+](C(c2ccccc2)(c2ccc(O)cc2)c2cccc(O)c2O)cc1. The van der Waals surface area contributed by atoms with Crippen LogP contribution in [0.4, 0.5) is 0 Å². The van der Waals surface area contributed by atoms with E-state index in [9.17, 15) is 20.1 Å². The second-order valence-corrected chi connectivity index (χ2v) is 7.15. The predicted molar refractivity (Wildman–Crippen MR) is 115 cm³/mol. The maximum absolute atomic E-state index is 11.6. The molecule has 0 aliphatic carbocycles. The Morgan fingerprint density at radius 3 is 1.97 bits per heavy atom. The summed E-state index contributed by atoms with van der Waals surface area (Å²) in [5.41, 5.74) is 6.55. The van der Waals surface area contributed by atoms with Gasteiger partial charge in [0.2, 0.25) is 11.4 Å². The number of amides is 1. The lowest BCUT2D eigenvalue weighted by atomic mass is 9.76. The number of carbonyl (C=O) groups excluding carboxylic acids is 1. The Morgan fingerprint density at radius 2 is 1.35 bits per heavy atom. The van der Waals surface area contributed by atoms with E-state index < -0.39 is 11.4 Å². The van der Waals surface area contributed by atoms with E-state index in [2.05, 4.69) is 0 Å². The van der Waals surface area contributed by atoms with Crippen molar-refractivity contribution in [3.8, 4) is 17.2 Å². The maximum atomic E-state index is 11.6. The largest absolute Gasteiger partial charge is 0.508 e. The van der Waals surface area contributed by atoms with Crippen LogP contribution in [-0.2, 0) is 5.54 Å². The third-order valence-electron chi connectivity index (χ3n) is 5.38. The van der Waals surface area contributed by atoms with Crippen molar-refractivity contribution in [2.24, 2.45) is 5.73 Å². The fourth-order valence-corrected chi connectivity index (χ4v) is 3.93. The molecule has 1 unspecified atom stereocenters. The molecule has 0 spiro atoms. The molecule has 6 nitrogen and oxygen atoms in total. The molecule has 0 saturated heterocycles. The number of rotatable bonds is 5. The number of benzene rings is 3. The second kappa shape index (κ2) is 7.84. The Kier molecular flexibility index (Phi) is 5.05. The van der Waals surface area contributed by atoms with Gasteiger partial charge in [0.25, 0.3) is 0 Å². The van der Waals surface area contributed by atoms with E-state index in [1.54, 1.807) is 60.9 Å². The lowest BCUT2D eigenvalue weighted by molar-refractivity contribution is -0.734. The van der Waals surface area contributed by atoms with Crippen LogP contribution in [0.5, 0.6) is 17.2 Å². The lowest BCUT2D eigenvalue weighted by Crippen LogP contribution is -2.58. The summed E-state index contributed by atoms with van der Waals surface area (Å²) in [6.07, 6.45) is 3.40. The molecule has 1 atom stereocenters. The van der Waals surface area contributed by atoms with Crippen molar-refractivity contribution in [2.45, 2.75) is 5.54 Å². The molecule has 31 heavy (non-hydrogen) atoms. The number of nitrogens with two attached hydrogens (primary N) is 1. The van der Waals surface area contributed by atoms with Crippen molar-refractivity contribution in [1.82, 2.24) is 0 Å². The summed E-state index contributed by atoms with van der Waals surface area (Å²) >= 11 is 0. The fourth-order valence-electron chi connectivity index (χ4n) is 3.93. The van der Waals surface area contributed by atoms with Gasteiger partial charge in [-0.3, -0.25) is 4.79 Å². The number of nitrogens with zero attached hydrogens (tertiary/aromatic N) is 1. The first-order valence-electron chi connectivity index (χ1n) is 9.62. The molecule has 6 heteroatoms. The van der Waals surface area contributed by atoms with Crippen LogP contribution in [0.15, 0.2) is 97.3 Å². The molecular weight excluding hydrogens is 392 g/mol. The third-order valence-corrected chi connectivity index (χ3v) is 5.38. The Labute approximate surface area is 179 Å². The van der Waals surface area contributed by atoms with Gasteiger partial charge in [0.1, 0.15) is 5.75 Å². The predicted octanol–water partition coefficient (Wildman–Crippen LogP) is 3.03. The summed E-state index contributed by atoms with van der Waals surface area (Å²) in [5, 5.41) is 31.1. The topological polar surface area (TPSA) is 108 Å². The molecule has 1 amide bonds. The number of aromatic nitrogens is 1. The highest BCUT2D eigenvalue weighted by atomic mass is 16.3. The van der Waals surface area contributed by atoms with E-state index in [4.69, 9.17) is 5.73 Å². The number of hydrogen-bond donors (Lipinski definition) is 4. The molecule has 0 aliphatic heterocycles. The smallest absolute Gasteiger partial charge is 0.249 e. The van der Waals surface area contributed by atoms with E-state index in [0.29, 0.717) is 16.7 Å². The van der Waals surface area contributed by atoms with E-state index in [1.165, 1.54) is 6.07 Å². The number of primary amides is 1. The highest BCUT2D eigenvalue weighted by Gasteiger charge is 2.48. The zero-order valence-corrected chi connectivity index (χ0v) is 16.5. The average Bonchev–Trinajstić information content (AvgIpc) is 2.79. The van der Waals surface area contributed by atoms with Crippen molar-refractivity contribution in [1.29, 1.82) is 0 Å². The molecular formula is C25H21N2O4+. The Balaban J connectivity index is 2.15. The second-order valence-electron chi connectivity index (χ2n) is 7.15. The normalized spacial score (nSPS) is 12.8. The molecule has 4 rings (SSSR count). The number of hydrogen-bond acceptors (Lipinski definition) is 4. The van der Waals surface area contributed by atoms with Gasteiger partial charge < -0.3 is 21.1 Å². The molecule has 1 aromatic heterocycles. The summed E-state index contributed by atoms with van der Waals surface area (Å²) in [6, 6.07) is 24.1. The molecule has 0 bridgehead atoms. The quantitative estimate of drug-likeness (QED) is 0.229. The standard InChI is InChI=1S/C25H20N2O4/c26-24(31)17-13-15-27(16-14-17)25(18-5-2-1-3-6-18,19-9-11-20(28)12-10-19)21-7-4-8-22(29)23(21)30/h1-16,28,31H,26H2/p+1. The molecule has 5 N–H and O–H groups in total. The third kappa shape index (κ3) is 3.34. The minimum atomic E-state index is -1.13. The first kappa shape index (κ1) is 20.0. The lowest BCUT2D eigenvalue weighted by Gasteiger charge is -2.31. The van der Waals surface area contributed by atoms with Gasteiger partial charge in [-0.25, -0.2) is 0 Å². The molecule has 154 valence electrons. The van der Waals surface area contributed by atoms with Crippen LogP contribution in [0.2, 0.25) is 0 Å². The number of phenolic OH excluding ortho intramolecular Hbond substituents is 3. The van der Waals surface area contributed by atoms with Crippen molar-refractivity contribution in [3.05, 3.63) is 120 Å².